The van der Waals surface area contributed by atoms with Crippen molar-refractivity contribution in [3.05, 3.63) is 41.5 Å². The van der Waals surface area contributed by atoms with Gasteiger partial charge in [-0.25, -0.2) is 8.78 Å². The molecule has 2 amide bonds. The summed E-state index contributed by atoms with van der Waals surface area (Å²) in [7, 11) is 0. The Morgan fingerprint density at radius 3 is 2.44 bits per heavy atom. The largest absolute Gasteiger partial charge is 0.353 e. The Labute approximate surface area is 158 Å². The first kappa shape index (κ1) is 19.5. The fraction of sp³-hybridized carbons (Fsp3) is 0.524. The van der Waals surface area contributed by atoms with Crippen molar-refractivity contribution >= 4 is 17.9 Å². The van der Waals surface area contributed by atoms with Gasteiger partial charge in [0.1, 0.15) is 11.6 Å². The topological polar surface area (TPSA) is 49.4 Å². The third kappa shape index (κ3) is 5.15. The minimum atomic E-state index is -0.706. The van der Waals surface area contributed by atoms with Gasteiger partial charge in [0, 0.05) is 30.8 Å². The number of hydrogen-bond donors (Lipinski definition) is 1. The van der Waals surface area contributed by atoms with Gasteiger partial charge in [-0.3, -0.25) is 9.59 Å². The molecule has 0 radical (unpaired) electrons. The number of halogens is 2. The number of hydrogen-bond acceptors (Lipinski definition) is 2. The molecular formula is C21H26F2N2O2. The molecular weight excluding hydrogens is 350 g/mol. The van der Waals surface area contributed by atoms with Gasteiger partial charge in [0.05, 0.1) is 5.92 Å². The van der Waals surface area contributed by atoms with E-state index in [1.807, 2.05) is 0 Å². The quantitative estimate of drug-likeness (QED) is 0.816. The van der Waals surface area contributed by atoms with Gasteiger partial charge in [-0.2, -0.15) is 0 Å². The summed E-state index contributed by atoms with van der Waals surface area (Å²) in [4.78, 5) is 26.5. The number of nitrogens with zero attached hydrogens (tertiary/aromatic N) is 1. The van der Waals surface area contributed by atoms with E-state index in [0.717, 1.165) is 50.7 Å². The average molecular weight is 376 g/mol. The van der Waals surface area contributed by atoms with Gasteiger partial charge in [-0.15, -0.1) is 0 Å². The normalized spacial score (nSPS) is 21.4. The zero-order valence-electron chi connectivity index (χ0n) is 15.4. The lowest BCUT2D eigenvalue weighted by Crippen LogP contribution is -2.47. The number of benzene rings is 1. The van der Waals surface area contributed by atoms with Crippen molar-refractivity contribution in [2.45, 2.75) is 51.0 Å². The maximum atomic E-state index is 13.7. The molecule has 27 heavy (non-hydrogen) atoms. The highest BCUT2D eigenvalue weighted by Crippen LogP contribution is 2.21. The van der Waals surface area contributed by atoms with Crippen LogP contribution in [0.2, 0.25) is 0 Å². The van der Waals surface area contributed by atoms with Crippen molar-refractivity contribution in [3.63, 3.8) is 0 Å². The van der Waals surface area contributed by atoms with Crippen LogP contribution in [0, 0.1) is 17.6 Å². The summed E-state index contributed by atoms with van der Waals surface area (Å²) in [5, 5.41) is 3.13. The molecule has 1 saturated carbocycles. The predicted octanol–water partition coefficient (Wildman–Crippen LogP) is 3.67. The third-order valence-corrected chi connectivity index (χ3v) is 5.45. The van der Waals surface area contributed by atoms with Crippen LogP contribution in [0.1, 0.15) is 50.5 Å². The summed E-state index contributed by atoms with van der Waals surface area (Å²) >= 11 is 0. The number of amides is 2. The number of carbonyl (C=O) groups is 2. The summed E-state index contributed by atoms with van der Waals surface area (Å²) < 4.78 is 27.3. The standard InChI is InChI=1S/C21H26F2N2O2/c22-18-9-4-10-19(23)17(18)11-12-20(26)25-13-5-6-15(14-25)21(27)24-16-7-2-1-3-8-16/h4,9-12,15-16H,1-3,5-8,13-14H2,(H,24,27)/b12-11+/t15-/m0/s1. The number of rotatable bonds is 4. The van der Waals surface area contributed by atoms with Crippen LogP contribution in [0.15, 0.2) is 24.3 Å². The number of nitrogens with one attached hydrogen (secondary N) is 1. The van der Waals surface area contributed by atoms with E-state index in [9.17, 15) is 18.4 Å². The van der Waals surface area contributed by atoms with Gasteiger partial charge in [0.15, 0.2) is 0 Å². The number of carbonyl (C=O) groups excluding carboxylic acids is 2. The molecule has 0 aromatic heterocycles. The van der Waals surface area contributed by atoms with E-state index in [-0.39, 0.29) is 29.3 Å². The van der Waals surface area contributed by atoms with Crippen LogP contribution in [0.5, 0.6) is 0 Å². The predicted molar refractivity (Wildman–Crippen MR) is 99.7 cm³/mol. The second-order valence-corrected chi connectivity index (χ2v) is 7.44. The minimum absolute atomic E-state index is 0.0172. The van der Waals surface area contributed by atoms with Crippen molar-refractivity contribution in [2.75, 3.05) is 13.1 Å². The van der Waals surface area contributed by atoms with Gasteiger partial charge < -0.3 is 10.2 Å². The van der Waals surface area contributed by atoms with Crippen LogP contribution in [0.3, 0.4) is 0 Å². The molecule has 0 bridgehead atoms. The highest BCUT2D eigenvalue weighted by molar-refractivity contribution is 5.92. The van der Waals surface area contributed by atoms with Crippen LogP contribution >= 0.6 is 0 Å². The molecule has 1 atom stereocenters. The summed E-state index contributed by atoms with van der Waals surface area (Å²) in [6.07, 6.45) is 9.43. The second kappa shape index (κ2) is 9.11. The van der Waals surface area contributed by atoms with Crippen LogP contribution in [0.4, 0.5) is 8.78 Å². The lowest BCUT2D eigenvalue weighted by Gasteiger charge is -2.33. The second-order valence-electron chi connectivity index (χ2n) is 7.44. The molecule has 0 spiro atoms. The molecule has 1 heterocycles. The Morgan fingerprint density at radius 2 is 1.74 bits per heavy atom. The lowest BCUT2D eigenvalue weighted by molar-refractivity contribution is -0.132. The smallest absolute Gasteiger partial charge is 0.246 e. The number of likely N-dealkylation sites (tertiary alicyclic amines) is 1. The lowest BCUT2D eigenvalue weighted by atomic mass is 9.93. The highest BCUT2D eigenvalue weighted by Gasteiger charge is 2.29. The molecule has 2 aliphatic rings. The summed E-state index contributed by atoms with van der Waals surface area (Å²) in [5.41, 5.74) is -0.227. The first-order valence-corrected chi connectivity index (χ1v) is 9.76. The van der Waals surface area contributed by atoms with Crippen LogP contribution in [-0.2, 0) is 9.59 Å². The molecule has 1 N–H and O–H groups in total. The molecule has 0 unspecified atom stereocenters. The zero-order valence-corrected chi connectivity index (χ0v) is 15.4. The zero-order chi connectivity index (χ0) is 19.2. The van der Waals surface area contributed by atoms with Crippen LogP contribution in [-0.4, -0.2) is 35.8 Å². The average Bonchev–Trinajstić information content (AvgIpc) is 2.68. The van der Waals surface area contributed by atoms with Crippen molar-refractivity contribution in [3.8, 4) is 0 Å². The third-order valence-electron chi connectivity index (χ3n) is 5.45. The van der Waals surface area contributed by atoms with E-state index in [4.69, 9.17) is 0 Å². The van der Waals surface area contributed by atoms with E-state index in [1.165, 1.54) is 24.6 Å². The molecule has 6 heteroatoms. The minimum Gasteiger partial charge on any atom is -0.353 e. The molecule has 3 rings (SSSR count). The summed E-state index contributed by atoms with van der Waals surface area (Å²) in [6.45, 7) is 0.900. The van der Waals surface area contributed by atoms with Crippen molar-refractivity contribution in [1.29, 1.82) is 0 Å². The Bertz CT molecular complexity index is 694. The maximum absolute atomic E-state index is 13.7. The maximum Gasteiger partial charge on any atom is 0.246 e. The van der Waals surface area contributed by atoms with Gasteiger partial charge in [-0.1, -0.05) is 25.3 Å². The fourth-order valence-corrected chi connectivity index (χ4v) is 3.89. The van der Waals surface area contributed by atoms with Gasteiger partial charge in [0.25, 0.3) is 0 Å². The molecule has 1 saturated heterocycles. The van der Waals surface area contributed by atoms with E-state index in [1.54, 1.807) is 4.90 Å². The molecule has 1 aromatic carbocycles. The Balaban J connectivity index is 1.57. The van der Waals surface area contributed by atoms with Crippen molar-refractivity contribution in [2.24, 2.45) is 5.92 Å². The first-order chi connectivity index (χ1) is 13.0. The summed E-state index contributed by atoms with van der Waals surface area (Å²) in [6, 6.07) is 3.84. The first-order valence-electron chi connectivity index (χ1n) is 9.76. The Kier molecular flexibility index (Phi) is 6.58. The van der Waals surface area contributed by atoms with Gasteiger partial charge in [0.2, 0.25) is 11.8 Å². The van der Waals surface area contributed by atoms with Crippen molar-refractivity contribution in [1.82, 2.24) is 10.2 Å². The van der Waals surface area contributed by atoms with Crippen molar-refractivity contribution < 1.29 is 18.4 Å². The monoisotopic (exact) mass is 376 g/mol. The summed E-state index contributed by atoms with van der Waals surface area (Å²) in [5.74, 6) is -1.94. The highest BCUT2D eigenvalue weighted by atomic mass is 19.1. The molecule has 2 fully saturated rings. The molecule has 1 aromatic rings. The SMILES string of the molecule is O=C(NC1CCCCC1)[C@H]1CCCN(C(=O)/C=C/c2c(F)cccc2F)C1. The molecule has 4 nitrogen and oxygen atoms in total. The van der Waals surface area contributed by atoms with Crippen LogP contribution < -0.4 is 5.32 Å². The fourth-order valence-electron chi connectivity index (χ4n) is 3.89. The Hall–Kier alpha value is -2.24. The van der Waals surface area contributed by atoms with E-state index >= 15 is 0 Å². The molecule has 146 valence electrons. The van der Waals surface area contributed by atoms with E-state index in [0.29, 0.717) is 13.1 Å². The van der Waals surface area contributed by atoms with Gasteiger partial charge in [-0.05, 0) is 43.9 Å². The molecule has 1 aliphatic heterocycles. The van der Waals surface area contributed by atoms with Gasteiger partial charge >= 0.3 is 0 Å². The molecule has 1 aliphatic carbocycles. The Morgan fingerprint density at radius 1 is 1.04 bits per heavy atom. The van der Waals surface area contributed by atoms with Crippen LogP contribution in [0.25, 0.3) is 6.08 Å². The number of piperidine rings is 1. The van der Waals surface area contributed by atoms with E-state index < -0.39 is 11.6 Å². The van der Waals surface area contributed by atoms with E-state index in [2.05, 4.69) is 5.32 Å².